The molecule has 18 heavy (non-hydrogen) atoms. The first-order chi connectivity index (χ1) is 8.20. The van der Waals surface area contributed by atoms with Gasteiger partial charge in [-0.1, -0.05) is 0 Å². The predicted molar refractivity (Wildman–Crippen MR) is 67.8 cm³/mol. The molecule has 0 bridgehead atoms. The topological polar surface area (TPSA) is 84.0 Å². The Morgan fingerprint density at radius 1 is 1.39 bits per heavy atom. The summed E-state index contributed by atoms with van der Waals surface area (Å²) in [6.45, 7) is 0. The van der Waals surface area contributed by atoms with Crippen LogP contribution in [0.3, 0.4) is 0 Å². The van der Waals surface area contributed by atoms with Crippen molar-refractivity contribution in [3.63, 3.8) is 0 Å². The summed E-state index contributed by atoms with van der Waals surface area (Å²) in [5.41, 5.74) is 5.08. The van der Waals surface area contributed by atoms with Crippen molar-refractivity contribution in [3.8, 4) is 0 Å². The highest BCUT2D eigenvalue weighted by Crippen LogP contribution is 2.26. The maximum atomic E-state index is 13.5. The first-order valence-electron chi connectivity index (χ1n) is 4.84. The van der Waals surface area contributed by atoms with Crippen molar-refractivity contribution in [2.24, 2.45) is 5.73 Å². The smallest absolute Gasteiger partial charge is 0.148 e. The average molecular weight is 294 g/mol. The zero-order chi connectivity index (χ0) is 13.9. The molecule has 0 fully saturated rings. The molecule has 0 aromatic heterocycles. The number of nitrogens with two attached hydrogens (primary N) is 1. The molecule has 1 aromatic rings. The van der Waals surface area contributed by atoms with E-state index >= 15 is 0 Å². The molecular weight excluding hydrogens is 282 g/mol. The molecule has 0 amide bonds. The van der Waals surface area contributed by atoms with Gasteiger partial charge in [-0.3, -0.25) is 5.41 Å². The van der Waals surface area contributed by atoms with E-state index in [0.717, 1.165) is 30.2 Å². The first-order valence-corrected chi connectivity index (χ1v) is 7.89. The first kappa shape index (κ1) is 14.9. The average Bonchev–Trinajstić information content (AvgIpc) is 2.20. The third-order valence-electron chi connectivity index (χ3n) is 2.01. The minimum absolute atomic E-state index is 0.0440. The second kappa shape index (κ2) is 5.66. The Hall–Kier alpha value is -1.15. The zero-order valence-corrected chi connectivity index (χ0v) is 11.2. The molecular formula is C10H12F2N2O2S2. The third kappa shape index (κ3) is 4.26. The Morgan fingerprint density at radius 3 is 2.28 bits per heavy atom. The van der Waals surface area contributed by atoms with Crippen LogP contribution in [-0.4, -0.2) is 32.0 Å². The largest absolute Gasteiger partial charge is 0.384 e. The van der Waals surface area contributed by atoms with E-state index in [9.17, 15) is 17.2 Å². The van der Waals surface area contributed by atoms with Crippen LogP contribution in [0.4, 0.5) is 8.78 Å². The lowest BCUT2D eigenvalue weighted by molar-refractivity contribution is 0.540. The second-order valence-corrected chi connectivity index (χ2v) is 7.03. The van der Waals surface area contributed by atoms with E-state index in [4.69, 9.17) is 11.1 Å². The fraction of sp³-hybridized carbons (Fsp3) is 0.300. The van der Waals surface area contributed by atoms with Gasteiger partial charge in [0.15, 0.2) is 0 Å². The lowest BCUT2D eigenvalue weighted by atomic mass is 10.2. The Kier molecular flexibility index (Phi) is 4.69. The normalized spacial score (nSPS) is 11.5. The predicted octanol–water partition coefficient (Wildman–Crippen LogP) is 1.39. The number of rotatable bonds is 5. The van der Waals surface area contributed by atoms with Crippen LogP contribution in [0.2, 0.25) is 0 Å². The molecule has 3 N–H and O–H groups in total. The highest BCUT2D eigenvalue weighted by Gasteiger charge is 2.14. The lowest BCUT2D eigenvalue weighted by Gasteiger charge is -2.06. The van der Waals surface area contributed by atoms with Gasteiger partial charge in [0.05, 0.1) is 10.6 Å². The molecule has 100 valence electrons. The quantitative estimate of drug-likeness (QED) is 0.488. The van der Waals surface area contributed by atoms with Gasteiger partial charge in [0, 0.05) is 17.6 Å². The summed E-state index contributed by atoms with van der Waals surface area (Å²) in [7, 11) is -3.16. The van der Waals surface area contributed by atoms with Crippen LogP contribution < -0.4 is 5.73 Å². The van der Waals surface area contributed by atoms with Crippen molar-refractivity contribution in [3.05, 3.63) is 29.3 Å². The summed E-state index contributed by atoms with van der Waals surface area (Å²) < 4.78 is 48.8. The summed E-state index contributed by atoms with van der Waals surface area (Å²) >= 11 is 0.780. The Balaban J connectivity index is 2.87. The number of nitrogens with one attached hydrogen (secondary N) is 1. The number of nitrogen functional groups attached to an aromatic ring is 1. The van der Waals surface area contributed by atoms with Gasteiger partial charge in [0.2, 0.25) is 0 Å². The van der Waals surface area contributed by atoms with Gasteiger partial charge in [-0.05, 0) is 12.1 Å². The number of halogens is 2. The monoisotopic (exact) mass is 294 g/mol. The van der Waals surface area contributed by atoms with E-state index in [2.05, 4.69) is 0 Å². The number of sulfone groups is 1. The van der Waals surface area contributed by atoms with Crippen molar-refractivity contribution in [1.29, 1.82) is 5.41 Å². The summed E-state index contributed by atoms with van der Waals surface area (Å²) in [5, 5.41) is 7.08. The second-order valence-electron chi connectivity index (χ2n) is 3.66. The molecule has 0 unspecified atom stereocenters. The van der Waals surface area contributed by atoms with E-state index < -0.39 is 27.3 Å². The molecule has 1 rings (SSSR count). The third-order valence-corrected chi connectivity index (χ3v) is 4.30. The van der Waals surface area contributed by atoms with Crippen molar-refractivity contribution >= 4 is 27.4 Å². The fourth-order valence-electron chi connectivity index (χ4n) is 1.15. The molecule has 1 aromatic carbocycles. The molecule has 0 heterocycles. The number of hydrogen-bond acceptors (Lipinski definition) is 4. The zero-order valence-electron chi connectivity index (χ0n) is 9.54. The molecule has 0 aliphatic rings. The molecule has 0 atom stereocenters. The lowest BCUT2D eigenvalue weighted by Crippen LogP contribution is -2.12. The van der Waals surface area contributed by atoms with Gasteiger partial charge < -0.3 is 5.73 Å². The van der Waals surface area contributed by atoms with Crippen LogP contribution >= 0.6 is 11.8 Å². The molecule has 0 aliphatic heterocycles. The van der Waals surface area contributed by atoms with E-state index in [0.29, 0.717) is 0 Å². The van der Waals surface area contributed by atoms with Crippen LogP contribution in [0.15, 0.2) is 17.0 Å². The van der Waals surface area contributed by atoms with E-state index in [1.807, 2.05) is 0 Å². The summed E-state index contributed by atoms with van der Waals surface area (Å²) in [5.74, 6) is -2.23. The summed E-state index contributed by atoms with van der Waals surface area (Å²) in [4.78, 5) is -0.261. The van der Waals surface area contributed by atoms with E-state index in [1.54, 1.807) is 0 Å². The molecule has 8 heteroatoms. The molecule has 4 nitrogen and oxygen atoms in total. The van der Waals surface area contributed by atoms with E-state index in [1.165, 1.54) is 0 Å². The molecule has 0 spiro atoms. The number of thioether (sulfide) groups is 1. The van der Waals surface area contributed by atoms with Crippen molar-refractivity contribution in [2.75, 3.05) is 17.8 Å². The minimum Gasteiger partial charge on any atom is -0.384 e. The highest BCUT2D eigenvalue weighted by molar-refractivity contribution is 8.00. The molecule has 0 aliphatic carbocycles. The SMILES string of the molecule is CS(=O)(=O)CCSc1c(F)cc(C(=N)N)cc1F. The van der Waals surface area contributed by atoms with Gasteiger partial charge in [0.25, 0.3) is 0 Å². The number of benzene rings is 1. The Bertz CT molecular complexity index is 550. The van der Waals surface area contributed by atoms with Gasteiger partial charge in [-0.15, -0.1) is 11.8 Å². The van der Waals surface area contributed by atoms with Crippen LogP contribution in [-0.2, 0) is 9.84 Å². The maximum Gasteiger partial charge on any atom is 0.148 e. The number of hydrogen-bond donors (Lipinski definition) is 2. The molecule has 0 saturated carbocycles. The maximum absolute atomic E-state index is 13.5. The Morgan fingerprint density at radius 2 is 1.89 bits per heavy atom. The summed E-state index contributed by atoms with van der Waals surface area (Å²) in [6, 6.07) is 1.91. The van der Waals surface area contributed by atoms with Crippen LogP contribution in [0.5, 0.6) is 0 Å². The van der Waals surface area contributed by atoms with Crippen molar-refractivity contribution in [1.82, 2.24) is 0 Å². The summed E-state index contributed by atoms with van der Waals surface area (Å²) in [6.07, 6.45) is 1.05. The Labute approximate surface area is 108 Å². The molecule has 0 radical (unpaired) electrons. The fourth-order valence-corrected chi connectivity index (χ4v) is 3.29. The van der Waals surface area contributed by atoms with Gasteiger partial charge in [-0.2, -0.15) is 0 Å². The van der Waals surface area contributed by atoms with Crippen LogP contribution in [0, 0.1) is 17.0 Å². The minimum atomic E-state index is -3.16. The standard InChI is InChI=1S/C10H12F2N2O2S2/c1-18(15,16)3-2-17-9-7(11)4-6(10(13)14)5-8(9)12/h4-5H,2-3H2,1H3,(H3,13,14). The van der Waals surface area contributed by atoms with Crippen molar-refractivity contribution in [2.45, 2.75) is 4.90 Å². The van der Waals surface area contributed by atoms with Gasteiger partial charge in [-0.25, -0.2) is 17.2 Å². The van der Waals surface area contributed by atoms with E-state index in [-0.39, 0.29) is 22.0 Å². The van der Waals surface area contributed by atoms with Gasteiger partial charge >= 0.3 is 0 Å². The highest BCUT2D eigenvalue weighted by atomic mass is 32.2. The van der Waals surface area contributed by atoms with Gasteiger partial charge in [0.1, 0.15) is 27.3 Å². The molecule has 0 saturated heterocycles. The van der Waals surface area contributed by atoms with Crippen molar-refractivity contribution < 1.29 is 17.2 Å². The van der Waals surface area contributed by atoms with Crippen LogP contribution in [0.1, 0.15) is 5.56 Å². The number of amidine groups is 1. The van der Waals surface area contributed by atoms with Crippen LogP contribution in [0.25, 0.3) is 0 Å².